The van der Waals surface area contributed by atoms with Crippen LogP contribution in [0.1, 0.15) is 16.7 Å². The van der Waals surface area contributed by atoms with Crippen molar-refractivity contribution in [2.24, 2.45) is 0 Å². The second-order valence-corrected chi connectivity index (χ2v) is 8.73. The summed E-state index contributed by atoms with van der Waals surface area (Å²) in [6.07, 6.45) is -3.35. The lowest BCUT2D eigenvalue weighted by Crippen LogP contribution is -2.57. The molecule has 4 rings (SSSR count). The van der Waals surface area contributed by atoms with Gasteiger partial charge in [0.25, 0.3) is 0 Å². The largest absolute Gasteiger partial charge is 0.394 e. The Hall–Kier alpha value is -2.62. The molecule has 192 valence electrons. The van der Waals surface area contributed by atoms with E-state index in [4.69, 9.17) is 23.7 Å². The molecule has 0 spiro atoms. The van der Waals surface area contributed by atoms with Crippen LogP contribution in [0.4, 0.5) is 0 Å². The highest BCUT2D eigenvalue weighted by Gasteiger charge is 2.44. The lowest BCUT2D eigenvalue weighted by molar-refractivity contribution is -0.303. The first kappa shape index (κ1) is 26.4. The maximum absolute atomic E-state index is 9.84. The molecule has 0 bridgehead atoms. The molecule has 1 heterocycles. The van der Waals surface area contributed by atoms with Gasteiger partial charge in [0.15, 0.2) is 6.29 Å². The van der Waals surface area contributed by atoms with E-state index in [9.17, 15) is 10.2 Å². The summed E-state index contributed by atoms with van der Waals surface area (Å²) >= 11 is 0. The van der Waals surface area contributed by atoms with Crippen molar-refractivity contribution in [1.82, 2.24) is 0 Å². The van der Waals surface area contributed by atoms with Gasteiger partial charge in [-0.25, -0.2) is 0 Å². The third-order valence-corrected chi connectivity index (χ3v) is 5.92. The van der Waals surface area contributed by atoms with Crippen LogP contribution in [0.3, 0.4) is 0 Å². The summed E-state index contributed by atoms with van der Waals surface area (Å²) in [6, 6.07) is 29.7. The van der Waals surface area contributed by atoms with Gasteiger partial charge in [-0.05, 0) is 16.7 Å². The molecule has 0 amide bonds. The zero-order chi connectivity index (χ0) is 25.0. The van der Waals surface area contributed by atoms with Gasteiger partial charge in [-0.1, -0.05) is 91.0 Å². The highest BCUT2D eigenvalue weighted by atomic mass is 16.7. The summed E-state index contributed by atoms with van der Waals surface area (Å²) in [5.41, 5.74) is 3.08. The van der Waals surface area contributed by atoms with Gasteiger partial charge < -0.3 is 33.9 Å². The summed E-state index contributed by atoms with van der Waals surface area (Å²) in [5, 5.41) is 19.1. The molecule has 0 radical (unpaired) electrons. The number of hydrogen-bond acceptors (Lipinski definition) is 7. The first-order valence-corrected chi connectivity index (χ1v) is 12.2. The van der Waals surface area contributed by atoms with Crippen LogP contribution in [0.5, 0.6) is 0 Å². The maximum Gasteiger partial charge on any atom is 0.186 e. The topological polar surface area (TPSA) is 86.6 Å². The molecule has 5 atom stereocenters. The molecular weight excluding hydrogens is 460 g/mol. The highest BCUT2D eigenvalue weighted by Crippen LogP contribution is 2.27. The van der Waals surface area contributed by atoms with Gasteiger partial charge in [-0.15, -0.1) is 0 Å². The van der Waals surface area contributed by atoms with Crippen molar-refractivity contribution in [3.8, 4) is 0 Å². The Morgan fingerprint density at radius 3 is 1.64 bits per heavy atom. The minimum Gasteiger partial charge on any atom is -0.394 e. The maximum atomic E-state index is 9.84. The molecule has 36 heavy (non-hydrogen) atoms. The molecule has 0 aliphatic carbocycles. The average Bonchev–Trinajstić information content (AvgIpc) is 2.94. The monoisotopic (exact) mass is 494 g/mol. The van der Waals surface area contributed by atoms with Gasteiger partial charge in [0.05, 0.1) is 39.6 Å². The number of aliphatic hydroxyl groups excluding tert-OH is 2. The lowest BCUT2D eigenvalue weighted by atomic mass is 10.0. The number of hydrogen-bond donors (Lipinski definition) is 2. The molecule has 1 aliphatic heterocycles. The fraction of sp³-hybridized carbons (Fsp3) is 0.379. The molecule has 1 aliphatic rings. The van der Waals surface area contributed by atoms with E-state index in [1.54, 1.807) is 0 Å². The smallest absolute Gasteiger partial charge is 0.186 e. The third kappa shape index (κ3) is 7.94. The first-order valence-electron chi connectivity index (χ1n) is 12.2. The van der Waals surface area contributed by atoms with E-state index >= 15 is 0 Å². The van der Waals surface area contributed by atoms with Crippen molar-refractivity contribution >= 4 is 0 Å². The first-order chi connectivity index (χ1) is 17.7. The summed E-state index contributed by atoms with van der Waals surface area (Å²) in [6.45, 7) is 0.839. The molecule has 0 saturated carbocycles. The Morgan fingerprint density at radius 1 is 0.667 bits per heavy atom. The quantitative estimate of drug-likeness (QED) is 0.376. The third-order valence-electron chi connectivity index (χ3n) is 5.92. The molecule has 0 aromatic heterocycles. The van der Waals surface area contributed by atoms with Crippen LogP contribution in [-0.2, 0) is 43.5 Å². The average molecular weight is 495 g/mol. The van der Waals surface area contributed by atoms with Crippen molar-refractivity contribution in [2.45, 2.75) is 50.5 Å². The van der Waals surface area contributed by atoms with Crippen molar-refractivity contribution in [1.29, 1.82) is 0 Å². The van der Waals surface area contributed by atoms with Crippen LogP contribution >= 0.6 is 0 Å². The number of ether oxygens (including phenoxy) is 5. The van der Waals surface area contributed by atoms with E-state index in [0.717, 1.165) is 16.7 Å². The van der Waals surface area contributed by atoms with E-state index in [2.05, 4.69) is 0 Å². The molecular formula is C29H34O7. The van der Waals surface area contributed by atoms with Crippen LogP contribution in [0, 0.1) is 0 Å². The van der Waals surface area contributed by atoms with Gasteiger partial charge >= 0.3 is 0 Å². The van der Waals surface area contributed by atoms with Gasteiger partial charge in [0, 0.05) is 0 Å². The normalized spacial score (nSPS) is 22.8. The Labute approximate surface area is 212 Å². The van der Waals surface area contributed by atoms with Gasteiger partial charge in [-0.3, -0.25) is 0 Å². The number of benzene rings is 3. The van der Waals surface area contributed by atoms with Crippen LogP contribution in [0.2, 0.25) is 0 Å². The van der Waals surface area contributed by atoms with Crippen LogP contribution in [0.25, 0.3) is 0 Å². The SMILES string of the molecule is OC[C@H](O)CO[C@H]1OC[C@@H](OCc2ccccc2)[C@H](OCc2ccccc2)[C@H]1OCc1ccccc1. The van der Waals surface area contributed by atoms with Crippen molar-refractivity contribution in [3.05, 3.63) is 108 Å². The zero-order valence-electron chi connectivity index (χ0n) is 20.2. The van der Waals surface area contributed by atoms with Crippen LogP contribution in [0.15, 0.2) is 91.0 Å². The summed E-state index contributed by atoms with van der Waals surface area (Å²) in [5.74, 6) is 0. The van der Waals surface area contributed by atoms with Crippen LogP contribution in [-0.4, -0.2) is 60.7 Å². The predicted octanol–water partition coefficient (Wildman–Crippen LogP) is 3.47. The lowest BCUT2D eigenvalue weighted by Gasteiger charge is -2.42. The standard InChI is InChI=1S/C29H34O7/c30-16-25(31)20-35-29-28(34-19-24-14-8-3-9-15-24)27(33-18-23-12-6-2-7-13-23)26(21-36-29)32-17-22-10-4-1-5-11-22/h1-15,25-31H,16-21H2/t25-,26+,27-,28+,29-/m0/s1. The molecule has 1 saturated heterocycles. The molecule has 0 unspecified atom stereocenters. The molecule has 1 fully saturated rings. The Morgan fingerprint density at radius 2 is 1.14 bits per heavy atom. The molecule has 2 N–H and O–H groups in total. The number of aliphatic hydroxyl groups is 2. The molecule has 3 aromatic carbocycles. The fourth-order valence-corrected chi connectivity index (χ4v) is 3.98. The minimum atomic E-state index is -1.01. The second-order valence-electron chi connectivity index (χ2n) is 8.73. The number of rotatable bonds is 13. The van der Waals surface area contributed by atoms with E-state index in [-0.39, 0.29) is 13.2 Å². The summed E-state index contributed by atoms with van der Waals surface area (Å²) in [7, 11) is 0. The van der Waals surface area contributed by atoms with Crippen molar-refractivity contribution < 1.29 is 33.9 Å². The minimum absolute atomic E-state index is 0.0900. The molecule has 7 heteroatoms. The fourth-order valence-electron chi connectivity index (χ4n) is 3.98. The highest BCUT2D eigenvalue weighted by molar-refractivity contribution is 5.15. The van der Waals surface area contributed by atoms with Crippen LogP contribution < -0.4 is 0 Å². The molecule has 7 nitrogen and oxygen atoms in total. The van der Waals surface area contributed by atoms with E-state index in [1.807, 2.05) is 91.0 Å². The van der Waals surface area contributed by atoms with Crippen molar-refractivity contribution in [2.75, 3.05) is 19.8 Å². The predicted molar refractivity (Wildman–Crippen MR) is 134 cm³/mol. The van der Waals surface area contributed by atoms with Gasteiger partial charge in [0.2, 0.25) is 0 Å². The zero-order valence-corrected chi connectivity index (χ0v) is 20.2. The second kappa shape index (κ2) is 14.2. The molecule has 3 aromatic rings. The summed E-state index contributed by atoms with van der Waals surface area (Å²) < 4.78 is 30.9. The Kier molecular flexibility index (Phi) is 10.4. The van der Waals surface area contributed by atoms with E-state index in [0.29, 0.717) is 19.8 Å². The van der Waals surface area contributed by atoms with Gasteiger partial charge in [0.1, 0.15) is 24.4 Å². The Bertz CT molecular complexity index is 986. The van der Waals surface area contributed by atoms with E-state index in [1.165, 1.54) is 0 Å². The van der Waals surface area contributed by atoms with Crippen molar-refractivity contribution in [3.63, 3.8) is 0 Å². The summed E-state index contributed by atoms with van der Waals surface area (Å²) in [4.78, 5) is 0. The van der Waals surface area contributed by atoms with Gasteiger partial charge in [-0.2, -0.15) is 0 Å². The Balaban J connectivity index is 1.52. The van der Waals surface area contributed by atoms with E-state index < -0.39 is 37.3 Å².